The lowest BCUT2D eigenvalue weighted by Crippen LogP contribution is -2.23. The van der Waals surface area contributed by atoms with E-state index in [-0.39, 0.29) is 0 Å². The summed E-state index contributed by atoms with van der Waals surface area (Å²) in [5.41, 5.74) is 0.502. The number of hydrogen-bond acceptors (Lipinski definition) is 2. The van der Waals surface area contributed by atoms with Gasteiger partial charge in [0.05, 0.1) is 0 Å². The van der Waals surface area contributed by atoms with Crippen LogP contribution in [0.1, 0.15) is 40.5 Å². The largest absolute Gasteiger partial charge is 0.250 e. The van der Waals surface area contributed by atoms with Gasteiger partial charge in [-0.3, -0.25) is 4.31 Å². The molecule has 0 N–H and O–H groups in total. The molecule has 1 aliphatic rings. The molecule has 0 aromatic rings. The Morgan fingerprint density at radius 1 is 1.38 bits per heavy atom. The van der Waals surface area contributed by atoms with Gasteiger partial charge in [-0.15, -0.1) is 0 Å². The third-order valence-corrected chi connectivity index (χ3v) is 4.14. The Morgan fingerprint density at radius 2 is 2.08 bits per heavy atom. The summed E-state index contributed by atoms with van der Waals surface area (Å²) in [5.74, 6) is 2.19. The van der Waals surface area contributed by atoms with E-state index < -0.39 is 0 Å². The van der Waals surface area contributed by atoms with Gasteiger partial charge in [0, 0.05) is 18.8 Å². The Hall–Kier alpha value is 0.310. The molecule has 1 atom stereocenters. The van der Waals surface area contributed by atoms with Gasteiger partial charge in [0.1, 0.15) is 0 Å². The van der Waals surface area contributed by atoms with Crippen molar-refractivity contribution < 1.29 is 0 Å². The van der Waals surface area contributed by atoms with Crippen LogP contribution >= 0.6 is 11.9 Å². The van der Waals surface area contributed by atoms with Crippen LogP contribution in [0, 0.1) is 11.3 Å². The van der Waals surface area contributed by atoms with Crippen molar-refractivity contribution >= 4 is 11.9 Å². The highest BCUT2D eigenvalue weighted by Gasteiger charge is 2.31. The van der Waals surface area contributed by atoms with Crippen molar-refractivity contribution in [2.75, 3.05) is 18.8 Å². The van der Waals surface area contributed by atoms with E-state index in [1.54, 1.807) is 0 Å². The molecular weight excluding hydrogens is 178 g/mol. The van der Waals surface area contributed by atoms with E-state index in [0.29, 0.717) is 5.41 Å². The van der Waals surface area contributed by atoms with Crippen LogP contribution in [-0.4, -0.2) is 23.1 Å². The molecule has 0 aromatic carbocycles. The topological polar surface area (TPSA) is 3.24 Å². The van der Waals surface area contributed by atoms with Crippen molar-refractivity contribution in [3.05, 3.63) is 0 Å². The van der Waals surface area contributed by atoms with Crippen LogP contribution in [-0.2, 0) is 0 Å². The first-order valence-electron chi connectivity index (χ1n) is 5.42. The summed E-state index contributed by atoms with van der Waals surface area (Å²) in [6.45, 7) is 12.0. The maximum Gasteiger partial charge on any atom is 0.0123 e. The van der Waals surface area contributed by atoms with E-state index in [0.717, 1.165) is 5.92 Å². The zero-order valence-electron chi connectivity index (χ0n) is 9.47. The highest BCUT2D eigenvalue weighted by molar-refractivity contribution is 7.97. The average Bonchev–Trinajstić information content (AvgIpc) is 2.47. The first-order valence-corrected chi connectivity index (χ1v) is 6.36. The molecule has 0 spiro atoms. The zero-order chi connectivity index (χ0) is 9.90. The van der Waals surface area contributed by atoms with Gasteiger partial charge in [-0.2, -0.15) is 0 Å². The lowest BCUT2D eigenvalue weighted by atomic mass is 9.80. The molecule has 0 amide bonds. The van der Waals surface area contributed by atoms with Crippen molar-refractivity contribution in [3.8, 4) is 0 Å². The molecule has 13 heavy (non-hydrogen) atoms. The van der Waals surface area contributed by atoms with E-state index in [9.17, 15) is 0 Å². The molecule has 0 saturated carbocycles. The summed E-state index contributed by atoms with van der Waals surface area (Å²) in [6, 6.07) is 0. The smallest absolute Gasteiger partial charge is 0.0123 e. The van der Waals surface area contributed by atoms with Crippen LogP contribution in [0.4, 0.5) is 0 Å². The van der Waals surface area contributed by atoms with E-state index in [1.807, 2.05) is 11.9 Å². The molecule has 0 bridgehead atoms. The van der Waals surface area contributed by atoms with E-state index in [2.05, 4.69) is 32.0 Å². The summed E-state index contributed by atoms with van der Waals surface area (Å²) in [7, 11) is 0. The Labute approximate surface area is 87.4 Å². The Kier molecular flexibility index (Phi) is 4.11. The van der Waals surface area contributed by atoms with Gasteiger partial charge in [-0.1, -0.05) is 39.6 Å². The van der Waals surface area contributed by atoms with Gasteiger partial charge >= 0.3 is 0 Å². The average molecular weight is 201 g/mol. The first kappa shape index (κ1) is 11.4. The van der Waals surface area contributed by atoms with Gasteiger partial charge in [0.15, 0.2) is 0 Å². The molecule has 78 valence electrons. The molecule has 1 rings (SSSR count). The van der Waals surface area contributed by atoms with Gasteiger partial charge in [-0.05, 0) is 24.2 Å². The van der Waals surface area contributed by atoms with Crippen LogP contribution in [0.25, 0.3) is 0 Å². The minimum absolute atomic E-state index is 0.502. The summed E-state index contributed by atoms with van der Waals surface area (Å²) in [5, 5.41) is 0. The third-order valence-electron chi connectivity index (χ3n) is 2.85. The van der Waals surface area contributed by atoms with Crippen molar-refractivity contribution in [2.24, 2.45) is 11.3 Å². The van der Waals surface area contributed by atoms with Gasteiger partial charge in [0.25, 0.3) is 0 Å². The minimum atomic E-state index is 0.502. The Bertz CT molecular complexity index is 151. The second-order valence-electron chi connectivity index (χ2n) is 5.07. The minimum Gasteiger partial charge on any atom is -0.250 e. The monoisotopic (exact) mass is 201 g/mol. The van der Waals surface area contributed by atoms with E-state index in [1.165, 1.54) is 31.7 Å². The predicted octanol–water partition coefficient (Wildman–Crippen LogP) is 3.41. The summed E-state index contributed by atoms with van der Waals surface area (Å²) >= 11 is 2.04. The highest BCUT2D eigenvalue weighted by atomic mass is 32.2. The van der Waals surface area contributed by atoms with Gasteiger partial charge in [0.2, 0.25) is 0 Å². The number of nitrogens with zero attached hydrogens (tertiary/aromatic N) is 1. The molecule has 1 saturated heterocycles. The molecule has 1 heterocycles. The molecule has 2 heteroatoms. The predicted molar refractivity (Wildman–Crippen MR) is 61.9 cm³/mol. The molecular formula is C11H23NS. The van der Waals surface area contributed by atoms with Crippen LogP contribution in [0.15, 0.2) is 0 Å². The maximum absolute atomic E-state index is 2.55. The van der Waals surface area contributed by atoms with Gasteiger partial charge < -0.3 is 0 Å². The summed E-state index contributed by atoms with van der Waals surface area (Å²) in [6.07, 6.45) is 2.68. The molecule has 0 aromatic heterocycles. The maximum atomic E-state index is 2.55. The SMILES string of the molecule is CCCSN1CCC(C(C)(C)C)C1. The lowest BCUT2D eigenvalue weighted by molar-refractivity contribution is 0.254. The molecule has 1 nitrogen and oxygen atoms in total. The summed E-state index contributed by atoms with van der Waals surface area (Å²) in [4.78, 5) is 0. The fraction of sp³-hybridized carbons (Fsp3) is 1.00. The van der Waals surface area contributed by atoms with Crippen molar-refractivity contribution in [2.45, 2.75) is 40.5 Å². The van der Waals surface area contributed by atoms with E-state index in [4.69, 9.17) is 0 Å². The second kappa shape index (κ2) is 4.70. The Balaban J connectivity index is 2.28. The van der Waals surface area contributed by atoms with Crippen molar-refractivity contribution in [1.29, 1.82) is 0 Å². The van der Waals surface area contributed by atoms with Crippen molar-refractivity contribution in [1.82, 2.24) is 4.31 Å². The van der Waals surface area contributed by atoms with Crippen molar-refractivity contribution in [3.63, 3.8) is 0 Å². The Morgan fingerprint density at radius 3 is 2.54 bits per heavy atom. The van der Waals surface area contributed by atoms with Crippen LogP contribution in [0.2, 0.25) is 0 Å². The highest BCUT2D eigenvalue weighted by Crippen LogP contribution is 2.35. The molecule has 0 aliphatic carbocycles. The molecule has 0 radical (unpaired) electrons. The second-order valence-corrected chi connectivity index (χ2v) is 6.26. The summed E-state index contributed by atoms with van der Waals surface area (Å²) < 4.78 is 2.55. The number of rotatable bonds is 3. The first-order chi connectivity index (χ1) is 6.04. The number of hydrogen-bond donors (Lipinski definition) is 0. The quantitative estimate of drug-likeness (QED) is 0.644. The normalized spacial score (nSPS) is 25.4. The standard InChI is InChI=1S/C11H23NS/c1-5-8-13-12-7-6-10(9-12)11(2,3)4/h10H,5-9H2,1-4H3. The molecule has 1 unspecified atom stereocenters. The third kappa shape index (κ3) is 3.51. The fourth-order valence-electron chi connectivity index (χ4n) is 1.77. The van der Waals surface area contributed by atoms with Crippen LogP contribution < -0.4 is 0 Å². The fourth-order valence-corrected chi connectivity index (χ4v) is 2.73. The van der Waals surface area contributed by atoms with Gasteiger partial charge in [-0.25, -0.2) is 0 Å². The van der Waals surface area contributed by atoms with Crippen LogP contribution in [0.5, 0.6) is 0 Å². The lowest BCUT2D eigenvalue weighted by Gasteiger charge is -2.26. The molecule has 1 fully saturated rings. The zero-order valence-corrected chi connectivity index (χ0v) is 10.3. The van der Waals surface area contributed by atoms with E-state index >= 15 is 0 Å². The molecule has 1 aliphatic heterocycles. The van der Waals surface area contributed by atoms with Crippen LogP contribution in [0.3, 0.4) is 0 Å².